The molecule has 0 atom stereocenters. The predicted octanol–water partition coefficient (Wildman–Crippen LogP) is 6.96. The van der Waals surface area contributed by atoms with Crippen LogP contribution in [0.15, 0.2) is 23.7 Å². The molecule has 124 valence electrons. The van der Waals surface area contributed by atoms with Crippen LogP contribution in [-0.4, -0.2) is 0 Å². The lowest BCUT2D eigenvalue weighted by Crippen LogP contribution is -2.02. The molecule has 0 N–H and O–H groups in total. The van der Waals surface area contributed by atoms with Gasteiger partial charge in [-0.1, -0.05) is 55.4 Å². The van der Waals surface area contributed by atoms with E-state index in [4.69, 9.17) is 4.74 Å². The average Bonchev–Trinajstić information content (AvgIpc) is 2.31. The minimum atomic E-state index is 0.633. The summed E-state index contributed by atoms with van der Waals surface area (Å²) >= 11 is 0. The van der Waals surface area contributed by atoms with Gasteiger partial charge in [-0.05, 0) is 48.7 Å². The summed E-state index contributed by atoms with van der Waals surface area (Å²) in [5, 5.41) is 0. The molecule has 0 aliphatic carbocycles. The zero-order chi connectivity index (χ0) is 16.4. The third kappa shape index (κ3) is 12.7. The normalized spacial score (nSPS) is 13.9. The van der Waals surface area contributed by atoms with Gasteiger partial charge in [0.25, 0.3) is 0 Å². The summed E-state index contributed by atoms with van der Waals surface area (Å²) in [7, 11) is 0. The average molecular weight is 295 g/mol. The maximum absolute atomic E-state index is 6.30. The molecular weight excluding hydrogens is 256 g/mol. The first-order valence-electron chi connectivity index (χ1n) is 8.76. The molecule has 0 heterocycles. The van der Waals surface area contributed by atoms with Crippen LogP contribution in [0, 0.1) is 23.7 Å². The van der Waals surface area contributed by atoms with E-state index in [2.05, 4.69) is 67.5 Å². The monoisotopic (exact) mass is 294 g/mol. The van der Waals surface area contributed by atoms with Crippen LogP contribution in [0.4, 0.5) is 0 Å². The Morgan fingerprint density at radius 3 is 1.19 bits per heavy atom. The van der Waals surface area contributed by atoms with Crippen molar-refractivity contribution in [3.05, 3.63) is 23.7 Å². The van der Waals surface area contributed by atoms with Gasteiger partial charge in [-0.15, -0.1) is 0 Å². The number of hydrogen-bond acceptors (Lipinski definition) is 1. The third-order valence-corrected chi connectivity index (χ3v) is 3.11. The van der Waals surface area contributed by atoms with Crippen LogP contribution in [0.5, 0.6) is 0 Å². The Hall–Kier alpha value is -0.720. The van der Waals surface area contributed by atoms with Crippen LogP contribution < -0.4 is 0 Å². The van der Waals surface area contributed by atoms with Crippen molar-refractivity contribution in [2.75, 3.05) is 0 Å². The summed E-state index contributed by atoms with van der Waals surface area (Å²) in [5.74, 6) is 4.96. The van der Waals surface area contributed by atoms with E-state index < -0.39 is 0 Å². The van der Waals surface area contributed by atoms with Crippen molar-refractivity contribution in [2.24, 2.45) is 23.7 Å². The van der Waals surface area contributed by atoms with Gasteiger partial charge in [0, 0.05) is 12.8 Å². The second-order valence-electron chi connectivity index (χ2n) is 7.90. The maximum Gasteiger partial charge on any atom is 0.0998 e. The van der Waals surface area contributed by atoms with E-state index in [1.807, 2.05) is 0 Å². The van der Waals surface area contributed by atoms with E-state index in [-0.39, 0.29) is 0 Å². The topological polar surface area (TPSA) is 9.23 Å². The first-order valence-corrected chi connectivity index (χ1v) is 8.76. The maximum atomic E-state index is 6.30. The van der Waals surface area contributed by atoms with Crippen molar-refractivity contribution < 1.29 is 4.74 Å². The van der Waals surface area contributed by atoms with Gasteiger partial charge < -0.3 is 4.74 Å². The van der Waals surface area contributed by atoms with Crippen molar-refractivity contribution in [1.29, 1.82) is 0 Å². The van der Waals surface area contributed by atoms with Crippen LogP contribution in [0.25, 0.3) is 0 Å². The fraction of sp³-hybridized carbons (Fsp3) is 0.800. The Morgan fingerprint density at radius 1 is 0.619 bits per heavy atom. The van der Waals surface area contributed by atoms with Gasteiger partial charge in [-0.3, -0.25) is 0 Å². The predicted molar refractivity (Wildman–Crippen MR) is 95.1 cm³/mol. The summed E-state index contributed by atoms with van der Waals surface area (Å²) in [6.07, 6.45) is 8.86. The molecule has 0 aromatic rings. The van der Waals surface area contributed by atoms with Crippen LogP contribution in [0.3, 0.4) is 0 Å². The fourth-order valence-corrected chi connectivity index (χ4v) is 2.04. The van der Waals surface area contributed by atoms with Gasteiger partial charge in [-0.2, -0.15) is 0 Å². The minimum Gasteiger partial charge on any atom is -0.467 e. The second-order valence-corrected chi connectivity index (χ2v) is 7.90. The fourth-order valence-electron chi connectivity index (χ4n) is 2.04. The molecule has 0 fully saturated rings. The molecule has 0 amide bonds. The standard InChI is InChI=1S/C20H38O/c1-15(2)9-11-19(13-17(5)6)21-20(14-18(7)8)12-10-16(3)4/h11-12,15-18H,9-10,13-14H2,1-8H3. The van der Waals surface area contributed by atoms with Crippen molar-refractivity contribution in [3.8, 4) is 0 Å². The number of ether oxygens (including phenoxy) is 1. The lowest BCUT2D eigenvalue weighted by Gasteiger charge is -2.18. The largest absolute Gasteiger partial charge is 0.467 e. The molecular formula is C20H38O. The molecule has 0 saturated carbocycles. The van der Waals surface area contributed by atoms with Gasteiger partial charge in [0.2, 0.25) is 0 Å². The first kappa shape index (κ1) is 20.3. The summed E-state index contributed by atoms with van der Waals surface area (Å²) < 4.78 is 6.30. The van der Waals surface area contributed by atoms with Gasteiger partial charge in [0.05, 0.1) is 11.5 Å². The zero-order valence-electron chi connectivity index (χ0n) is 15.7. The molecule has 0 saturated heterocycles. The molecule has 0 aliphatic rings. The van der Waals surface area contributed by atoms with E-state index in [0.29, 0.717) is 23.7 Å². The van der Waals surface area contributed by atoms with Gasteiger partial charge >= 0.3 is 0 Å². The summed E-state index contributed by atoms with van der Waals surface area (Å²) in [5.41, 5.74) is 0. The summed E-state index contributed by atoms with van der Waals surface area (Å²) in [4.78, 5) is 0. The zero-order valence-corrected chi connectivity index (χ0v) is 15.7. The summed E-state index contributed by atoms with van der Waals surface area (Å²) in [6, 6.07) is 0. The number of hydrogen-bond donors (Lipinski definition) is 0. The molecule has 0 bridgehead atoms. The molecule has 0 spiro atoms. The number of allylic oxidation sites excluding steroid dienone is 4. The third-order valence-electron chi connectivity index (χ3n) is 3.11. The van der Waals surface area contributed by atoms with Crippen molar-refractivity contribution in [2.45, 2.75) is 81.1 Å². The Labute approximate surface area is 133 Å². The Morgan fingerprint density at radius 2 is 0.952 bits per heavy atom. The number of rotatable bonds is 10. The van der Waals surface area contributed by atoms with Gasteiger partial charge in [-0.25, -0.2) is 0 Å². The van der Waals surface area contributed by atoms with E-state index in [9.17, 15) is 0 Å². The van der Waals surface area contributed by atoms with Gasteiger partial charge in [0.1, 0.15) is 0 Å². The Bertz CT molecular complexity index is 287. The molecule has 0 rings (SSSR count). The van der Waals surface area contributed by atoms with Crippen LogP contribution in [0.2, 0.25) is 0 Å². The van der Waals surface area contributed by atoms with E-state index in [0.717, 1.165) is 37.2 Å². The molecule has 1 nitrogen and oxygen atoms in total. The van der Waals surface area contributed by atoms with Gasteiger partial charge in [0.15, 0.2) is 0 Å². The van der Waals surface area contributed by atoms with Crippen molar-refractivity contribution >= 4 is 0 Å². The molecule has 0 aromatic heterocycles. The molecule has 0 unspecified atom stereocenters. The highest BCUT2D eigenvalue weighted by atomic mass is 16.5. The molecule has 0 aliphatic heterocycles. The Kier molecular flexibility index (Phi) is 10.6. The van der Waals surface area contributed by atoms with Crippen LogP contribution in [-0.2, 0) is 4.74 Å². The van der Waals surface area contributed by atoms with Crippen LogP contribution >= 0.6 is 0 Å². The lowest BCUT2D eigenvalue weighted by molar-refractivity contribution is 0.251. The minimum absolute atomic E-state index is 0.633. The van der Waals surface area contributed by atoms with E-state index in [1.54, 1.807) is 0 Å². The highest BCUT2D eigenvalue weighted by Crippen LogP contribution is 2.23. The highest BCUT2D eigenvalue weighted by Gasteiger charge is 2.09. The summed E-state index contributed by atoms with van der Waals surface area (Å²) in [6.45, 7) is 18.1. The van der Waals surface area contributed by atoms with E-state index in [1.165, 1.54) is 0 Å². The lowest BCUT2D eigenvalue weighted by atomic mass is 10.0. The SMILES string of the molecule is CC(C)CC=C(CC(C)C)OC(=CCC(C)C)CC(C)C. The highest BCUT2D eigenvalue weighted by molar-refractivity contribution is 5.04. The second kappa shape index (κ2) is 10.9. The molecule has 0 aromatic carbocycles. The van der Waals surface area contributed by atoms with Crippen LogP contribution in [0.1, 0.15) is 81.1 Å². The molecule has 1 heteroatoms. The van der Waals surface area contributed by atoms with E-state index >= 15 is 0 Å². The first-order chi connectivity index (χ1) is 9.70. The van der Waals surface area contributed by atoms with Crippen molar-refractivity contribution in [3.63, 3.8) is 0 Å². The van der Waals surface area contributed by atoms with Crippen molar-refractivity contribution in [1.82, 2.24) is 0 Å². The smallest absolute Gasteiger partial charge is 0.0998 e. The molecule has 0 radical (unpaired) electrons. The molecule has 21 heavy (non-hydrogen) atoms. The quantitative estimate of drug-likeness (QED) is 0.396. The Balaban J connectivity index is 4.91.